The molecule has 3 rings (SSSR count). The molecule has 0 fully saturated rings. The summed E-state index contributed by atoms with van der Waals surface area (Å²) < 4.78 is 2.09. The summed E-state index contributed by atoms with van der Waals surface area (Å²) in [7, 11) is 0. The summed E-state index contributed by atoms with van der Waals surface area (Å²) in [4.78, 5) is 4.04. The number of aromatic nitrogens is 2. The lowest BCUT2D eigenvalue weighted by Crippen LogP contribution is -2.28. The van der Waals surface area contributed by atoms with E-state index < -0.39 is 0 Å². The van der Waals surface area contributed by atoms with E-state index in [0.29, 0.717) is 0 Å². The van der Waals surface area contributed by atoms with Crippen LogP contribution in [0.5, 0.6) is 0 Å². The number of hydrogen-bond donors (Lipinski definition) is 0. The third kappa shape index (κ3) is 2.50. The van der Waals surface area contributed by atoms with Crippen molar-refractivity contribution in [2.45, 2.75) is 0 Å². The second kappa shape index (κ2) is 5.49. The van der Waals surface area contributed by atoms with E-state index in [0.717, 1.165) is 11.3 Å². The van der Waals surface area contributed by atoms with Crippen LogP contribution in [-0.2, 0) is 0 Å². The first-order valence-electron chi connectivity index (χ1n) is 6.51. The molecule has 96 valence electrons. The van der Waals surface area contributed by atoms with Crippen LogP contribution in [0.25, 0.3) is 22.9 Å². The number of rotatable bonds is 3. The van der Waals surface area contributed by atoms with Gasteiger partial charge in [-0.3, -0.25) is 4.98 Å². The first-order valence-corrected chi connectivity index (χ1v) is 6.51. The fraction of sp³-hybridized carbons (Fsp3) is 0. The highest BCUT2D eigenvalue weighted by Crippen LogP contribution is 2.16. The Labute approximate surface area is 118 Å². The standard InChI is InChI=1S/C18H15N2/c1-2-15-3-5-18(6-4-15)20-13-9-17(10-14-20)16-7-11-19-12-8-16/h2-14H,1H2/q+1. The molecule has 1 aromatic carbocycles. The van der Waals surface area contributed by atoms with Gasteiger partial charge in [0, 0.05) is 36.7 Å². The van der Waals surface area contributed by atoms with Gasteiger partial charge in [-0.1, -0.05) is 12.7 Å². The zero-order valence-electron chi connectivity index (χ0n) is 11.1. The number of hydrogen-bond acceptors (Lipinski definition) is 1. The van der Waals surface area contributed by atoms with Crippen LogP contribution in [0.15, 0.2) is 79.9 Å². The zero-order valence-corrected chi connectivity index (χ0v) is 11.1. The normalized spacial score (nSPS) is 10.2. The number of benzene rings is 1. The fourth-order valence-corrected chi connectivity index (χ4v) is 2.12. The number of nitrogens with zero attached hydrogens (tertiary/aromatic N) is 2. The minimum Gasteiger partial charge on any atom is -0.265 e. The van der Waals surface area contributed by atoms with Gasteiger partial charge < -0.3 is 0 Å². The highest BCUT2D eigenvalue weighted by molar-refractivity contribution is 5.61. The van der Waals surface area contributed by atoms with Gasteiger partial charge in [0.25, 0.3) is 0 Å². The smallest absolute Gasteiger partial charge is 0.210 e. The molecule has 0 saturated heterocycles. The Morgan fingerprint density at radius 3 is 2.00 bits per heavy atom. The molecule has 0 saturated carbocycles. The zero-order chi connectivity index (χ0) is 13.8. The van der Waals surface area contributed by atoms with Crippen LogP contribution in [0.4, 0.5) is 0 Å². The van der Waals surface area contributed by atoms with Crippen molar-refractivity contribution in [1.29, 1.82) is 0 Å². The van der Waals surface area contributed by atoms with Crippen molar-refractivity contribution in [3.05, 3.63) is 85.5 Å². The molecule has 2 heterocycles. The average Bonchev–Trinajstić information content (AvgIpc) is 2.56. The molecule has 0 radical (unpaired) electrons. The minimum absolute atomic E-state index is 1.13. The van der Waals surface area contributed by atoms with Gasteiger partial charge in [0.2, 0.25) is 5.69 Å². The van der Waals surface area contributed by atoms with Crippen molar-refractivity contribution < 1.29 is 4.57 Å². The highest BCUT2D eigenvalue weighted by atomic mass is 14.9. The maximum atomic E-state index is 4.04. The first kappa shape index (κ1) is 12.3. The third-order valence-corrected chi connectivity index (χ3v) is 3.27. The van der Waals surface area contributed by atoms with Gasteiger partial charge in [-0.15, -0.1) is 0 Å². The molecule has 0 spiro atoms. The Hall–Kier alpha value is -2.74. The van der Waals surface area contributed by atoms with E-state index in [2.05, 4.69) is 64.9 Å². The van der Waals surface area contributed by atoms with Crippen LogP contribution >= 0.6 is 0 Å². The van der Waals surface area contributed by atoms with Crippen LogP contribution in [0.2, 0.25) is 0 Å². The van der Waals surface area contributed by atoms with Crippen LogP contribution < -0.4 is 4.57 Å². The molecule has 2 nitrogen and oxygen atoms in total. The van der Waals surface area contributed by atoms with Crippen LogP contribution in [0.1, 0.15) is 5.56 Å². The van der Waals surface area contributed by atoms with Crippen molar-refractivity contribution in [3.63, 3.8) is 0 Å². The molecule has 3 aromatic rings. The molecule has 0 bridgehead atoms. The quantitative estimate of drug-likeness (QED) is 0.656. The van der Waals surface area contributed by atoms with E-state index in [1.54, 1.807) is 0 Å². The first-order chi connectivity index (χ1) is 9.86. The topological polar surface area (TPSA) is 16.8 Å². The maximum absolute atomic E-state index is 4.04. The Bertz CT molecular complexity index is 699. The molecule has 0 aliphatic rings. The maximum Gasteiger partial charge on any atom is 0.210 e. The summed E-state index contributed by atoms with van der Waals surface area (Å²) in [5.41, 5.74) is 4.63. The Morgan fingerprint density at radius 1 is 0.800 bits per heavy atom. The van der Waals surface area contributed by atoms with Gasteiger partial charge in [0.15, 0.2) is 12.4 Å². The molecule has 0 unspecified atom stereocenters. The van der Waals surface area contributed by atoms with Crippen molar-refractivity contribution in [1.82, 2.24) is 4.98 Å². The van der Waals surface area contributed by atoms with E-state index in [9.17, 15) is 0 Å². The van der Waals surface area contributed by atoms with Crippen LogP contribution in [-0.4, -0.2) is 4.98 Å². The Kier molecular flexibility index (Phi) is 3.38. The molecule has 2 heteroatoms. The third-order valence-electron chi connectivity index (χ3n) is 3.27. The van der Waals surface area contributed by atoms with Gasteiger partial charge in [-0.2, -0.15) is 4.57 Å². The molecule has 0 atom stereocenters. The van der Waals surface area contributed by atoms with Gasteiger partial charge >= 0.3 is 0 Å². The predicted octanol–water partition coefficient (Wildman–Crippen LogP) is 3.67. The van der Waals surface area contributed by atoms with Crippen molar-refractivity contribution >= 4 is 6.08 Å². The SMILES string of the molecule is C=Cc1ccc(-[n+]2ccc(-c3ccncc3)cc2)cc1. The summed E-state index contributed by atoms with van der Waals surface area (Å²) in [6.45, 7) is 3.77. The number of pyridine rings is 2. The molecule has 0 aliphatic heterocycles. The molecular formula is C18H15N2+. The lowest BCUT2D eigenvalue weighted by molar-refractivity contribution is -0.595. The second-order valence-electron chi connectivity index (χ2n) is 4.53. The van der Waals surface area contributed by atoms with Gasteiger partial charge in [-0.25, -0.2) is 0 Å². The largest absolute Gasteiger partial charge is 0.265 e. The summed E-state index contributed by atoms with van der Waals surface area (Å²) >= 11 is 0. The van der Waals surface area contributed by atoms with Gasteiger partial charge in [0.1, 0.15) is 0 Å². The predicted molar refractivity (Wildman–Crippen MR) is 81.3 cm³/mol. The summed E-state index contributed by atoms with van der Waals surface area (Å²) in [6, 6.07) is 16.5. The monoisotopic (exact) mass is 259 g/mol. The summed E-state index contributed by atoms with van der Waals surface area (Å²) in [5.74, 6) is 0. The van der Waals surface area contributed by atoms with E-state index in [-0.39, 0.29) is 0 Å². The molecular weight excluding hydrogens is 244 g/mol. The average molecular weight is 259 g/mol. The molecule has 0 amide bonds. The van der Waals surface area contributed by atoms with Crippen LogP contribution in [0.3, 0.4) is 0 Å². The fourth-order valence-electron chi connectivity index (χ4n) is 2.12. The van der Waals surface area contributed by atoms with Crippen LogP contribution in [0, 0.1) is 0 Å². The van der Waals surface area contributed by atoms with Crippen molar-refractivity contribution in [3.8, 4) is 16.8 Å². The van der Waals surface area contributed by atoms with Crippen molar-refractivity contribution in [2.24, 2.45) is 0 Å². The molecule has 0 N–H and O–H groups in total. The molecule has 2 aromatic heterocycles. The van der Waals surface area contributed by atoms with E-state index >= 15 is 0 Å². The van der Waals surface area contributed by atoms with E-state index in [1.165, 1.54) is 11.1 Å². The highest BCUT2D eigenvalue weighted by Gasteiger charge is 2.05. The lowest BCUT2D eigenvalue weighted by atomic mass is 10.1. The summed E-state index contributed by atoms with van der Waals surface area (Å²) in [5, 5.41) is 0. The van der Waals surface area contributed by atoms with Crippen molar-refractivity contribution in [2.75, 3.05) is 0 Å². The summed E-state index contributed by atoms with van der Waals surface area (Å²) in [6.07, 6.45) is 9.60. The Balaban J connectivity index is 1.91. The Morgan fingerprint density at radius 2 is 1.40 bits per heavy atom. The minimum atomic E-state index is 1.13. The molecule has 20 heavy (non-hydrogen) atoms. The van der Waals surface area contributed by atoms with Gasteiger partial charge in [0.05, 0.1) is 0 Å². The molecule has 0 aliphatic carbocycles. The van der Waals surface area contributed by atoms with Gasteiger partial charge in [-0.05, 0) is 41.0 Å². The second-order valence-corrected chi connectivity index (χ2v) is 4.53. The lowest BCUT2D eigenvalue weighted by Gasteiger charge is -2.00. The van der Waals surface area contributed by atoms with E-state index in [1.807, 2.05) is 30.6 Å². The van der Waals surface area contributed by atoms with E-state index in [4.69, 9.17) is 0 Å².